The van der Waals surface area contributed by atoms with Crippen LogP contribution in [0.3, 0.4) is 0 Å². The van der Waals surface area contributed by atoms with Crippen LogP contribution in [0.4, 0.5) is 17.5 Å². The van der Waals surface area contributed by atoms with Crippen LogP contribution in [0.1, 0.15) is 5.56 Å². The third-order valence-electron chi connectivity index (χ3n) is 6.71. The van der Waals surface area contributed by atoms with Crippen molar-refractivity contribution in [2.45, 2.75) is 6.92 Å². The van der Waals surface area contributed by atoms with E-state index in [1.54, 1.807) is 12.5 Å². The number of aryl methyl sites for hydroxylation is 2. The maximum Gasteiger partial charge on any atom is 0.226 e. The van der Waals surface area contributed by atoms with Crippen molar-refractivity contribution in [3.05, 3.63) is 60.8 Å². The smallest absolute Gasteiger partial charge is 0.226 e. The number of piperazine rings is 1. The Balaban J connectivity index is 1.23. The lowest BCUT2D eigenvalue weighted by molar-refractivity contribution is -1.09. The molecule has 37 heavy (non-hydrogen) atoms. The van der Waals surface area contributed by atoms with Gasteiger partial charge in [-0.2, -0.15) is 4.65 Å². The topological polar surface area (TPSA) is 114 Å². The van der Waals surface area contributed by atoms with Crippen LogP contribution in [0.2, 0.25) is 0 Å². The fourth-order valence-electron chi connectivity index (χ4n) is 4.47. The van der Waals surface area contributed by atoms with Crippen molar-refractivity contribution in [3.8, 4) is 11.5 Å². The van der Waals surface area contributed by atoms with Crippen molar-refractivity contribution in [3.63, 3.8) is 0 Å². The maximum atomic E-state index is 10.2. The second-order valence-electron chi connectivity index (χ2n) is 9.61. The summed E-state index contributed by atoms with van der Waals surface area (Å²) in [4.78, 5) is 24.5. The number of nitrogens with zero attached hydrogens (tertiary/aromatic N) is 8. The Labute approximate surface area is 213 Å². The molecule has 188 valence electrons. The fourth-order valence-corrected chi connectivity index (χ4v) is 4.47. The van der Waals surface area contributed by atoms with Gasteiger partial charge in [0.2, 0.25) is 5.95 Å². The summed E-state index contributed by atoms with van der Waals surface area (Å²) in [6, 6.07) is 11.8. The molecule has 4 heterocycles. The third-order valence-corrected chi connectivity index (χ3v) is 6.71. The third kappa shape index (κ3) is 4.61. The number of imidazole rings is 1. The van der Waals surface area contributed by atoms with Crippen LogP contribution in [-0.4, -0.2) is 72.6 Å². The molecule has 0 bridgehead atoms. The minimum atomic E-state index is 0.0107. The van der Waals surface area contributed by atoms with E-state index in [0.29, 0.717) is 49.0 Å². The first-order valence-electron chi connectivity index (χ1n) is 12.1. The van der Waals surface area contributed by atoms with E-state index in [-0.39, 0.29) is 4.65 Å². The molecule has 0 radical (unpaired) electrons. The predicted molar refractivity (Wildman–Crippen MR) is 140 cm³/mol. The molecule has 11 heteroatoms. The van der Waals surface area contributed by atoms with Crippen LogP contribution >= 0.6 is 0 Å². The molecule has 0 amide bonds. The summed E-state index contributed by atoms with van der Waals surface area (Å²) >= 11 is 0. The summed E-state index contributed by atoms with van der Waals surface area (Å²) in [5.41, 5.74) is 5.07. The molecule has 1 saturated heterocycles. The Kier molecular flexibility index (Phi) is 5.58. The number of anilines is 3. The normalized spacial score (nSPS) is 15.3. The molecule has 11 nitrogen and oxygen atoms in total. The van der Waals surface area contributed by atoms with E-state index in [9.17, 15) is 5.21 Å². The molecule has 1 aliphatic heterocycles. The van der Waals surface area contributed by atoms with Gasteiger partial charge in [0.25, 0.3) is 0 Å². The Hall–Kier alpha value is -4.35. The van der Waals surface area contributed by atoms with Gasteiger partial charge in [-0.05, 0) is 42.8 Å². The molecule has 2 N–H and O–H groups in total. The van der Waals surface area contributed by atoms with Crippen molar-refractivity contribution in [2.24, 2.45) is 7.05 Å². The highest BCUT2D eigenvalue weighted by Gasteiger charge is 2.28. The molecule has 6 rings (SSSR count). The van der Waals surface area contributed by atoms with E-state index in [0.717, 1.165) is 33.8 Å². The number of hydroxylamine groups is 3. The first-order valence-corrected chi connectivity index (χ1v) is 12.1. The zero-order valence-corrected chi connectivity index (χ0v) is 21.0. The SMILES string of the molecule is Cc1cc(Nc2ncnc3cnc(N4CC[N+](C)(O)CC4)nc23)ccc1Oc1ccc2c(c1)ncn2C. The van der Waals surface area contributed by atoms with Gasteiger partial charge < -0.3 is 19.5 Å². The van der Waals surface area contributed by atoms with E-state index >= 15 is 0 Å². The number of rotatable bonds is 5. The summed E-state index contributed by atoms with van der Waals surface area (Å²) in [6.07, 6.45) is 5.01. The second-order valence-corrected chi connectivity index (χ2v) is 9.61. The van der Waals surface area contributed by atoms with E-state index in [1.807, 2.05) is 62.0 Å². The number of hydrogen-bond acceptors (Lipinski definition) is 9. The summed E-state index contributed by atoms with van der Waals surface area (Å²) in [5.74, 6) is 2.70. The van der Waals surface area contributed by atoms with Gasteiger partial charge in [-0.15, -0.1) is 0 Å². The molecule has 3 aromatic heterocycles. The number of nitrogens with one attached hydrogen (secondary N) is 1. The van der Waals surface area contributed by atoms with Crippen molar-refractivity contribution in [1.29, 1.82) is 0 Å². The molecular formula is C26H28N9O2+. The zero-order valence-electron chi connectivity index (χ0n) is 21.0. The minimum Gasteiger partial charge on any atom is -0.457 e. The Morgan fingerprint density at radius 1 is 1.00 bits per heavy atom. The first kappa shape index (κ1) is 23.1. The highest BCUT2D eigenvalue weighted by molar-refractivity contribution is 5.87. The lowest BCUT2D eigenvalue weighted by Crippen LogP contribution is -2.55. The van der Waals surface area contributed by atoms with Gasteiger partial charge >= 0.3 is 0 Å². The molecule has 0 spiro atoms. The highest BCUT2D eigenvalue weighted by Crippen LogP contribution is 2.31. The van der Waals surface area contributed by atoms with Crippen molar-refractivity contribution in [2.75, 3.05) is 43.4 Å². The van der Waals surface area contributed by atoms with Gasteiger partial charge in [0.05, 0.1) is 43.7 Å². The molecule has 0 saturated carbocycles. The molecule has 1 fully saturated rings. The van der Waals surface area contributed by atoms with E-state index in [4.69, 9.17) is 9.72 Å². The summed E-state index contributed by atoms with van der Waals surface area (Å²) < 4.78 is 8.14. The second kappa shape index (κ2) is 8.95. The monoisotopic (exact) mass is 498 g/mol. The molecule has 5 aromatic rings. The summed E-state index contributed by atoms with van der Waals surface area (Å²) in [7, 11) is 3.78. The molecule has 0 aliphatic carbocycles. The van der Waals surface area contributed by atoms with Gasteiger partial charge in [0.15, 0.2) is 5.82 Å². The molecular weight excluding hydrogens is 470 g/mol. The summed E-state index contributed by atoms with van der Waals surface area (Å²) in [5, 5.41) is 13.6. The average molecular weight is 499 g/mol. The lowest BCUT2D eigenvalue weighted by Gasteiger charge is -2.35. The summed E-state index contributed by atoms with van der Waals surface area (Å²) in [6.45, 7) is 4.57. The number of benzene rings is 2. The van der Waals surface area contributed by atoms with Crippen LogP contribution in [0, 0.1) is 6.92 Å². The van der Waals surface area contributed by atoms with Crippen LogP contribution in [-0.2, 0) is 7.05 Å². The fraction of sp³-hybridized carbons (Fsp3) is 0.269. The van der Waals surface area contributed by atoms with Gasteiger partial charge in [-0.3, -0.25) is 0 Å². The molecule has 1 aliphatic rings. The van der Waals surface area contributed by atoms with Crippen molar-refractivity contribution < 1.29 is 14.6 Å². The lowest BCUT2D eigenvalue weighted by atomic mass is 10.2. The number of hydrogen-bond donors (Lipinski definition) is 2. The number of ether oxygens (including phenoxy) is 1. The van der Waals surface area contributed by atoms with Crippen LogP contribution in [0.5, 0.6) is 11.5 Å². The van der Waals surface area contributed by atoms with Crippen LogP contribution < -0.4 is 15.0 Å². The van der Waals surface area contributed by atoms with Crippen molar-refractivity contribution >= 4 is 39.5 Å². The average Bonchev–Trinajstić information content (AvgIpc) is 3.25. The first-order chi connectivity index (χ1) is 17.8. The minimum absolute atomic E-state index is 0.0107. The molecule has 2 aromatic carbocycles. The van der Waals surface area contributed by atoms with Gasteiger partial charge in [0, 0.05) is 18.8 Å². The number of aromatic nitrogens is 6. The Morgan fingerprint density at radius 3 is 2.65 bits per heavy atom. The largest absolute Gasteiger partial charge is 0.457 e. The predicted octanol–water partition coefficient (Wildman–Crippen LogP) is 3.81. The number of likely N-dealkylation sites (N-methyl/N-ethyl adjacent to an activating group) is 1. The van der Waals surface area contributed by atoms with Crippen LogP contribution in [0.15, 0.2) is 55.2 Å². The highest BCUT2D eigenvalue weighted by atomic mass is 16.5. The zero-order chi connectivity index (χ0) is 25.6. The molecule has 0 atom stereocenters. The standard InChI is InChI=1S/C26H28N9O2/c1-17-12-18(4-7-23(17)37-19-5-6-22-20(13-19)30-16-33(22)2)31-25-24-21(28-15-29-25)14-27-26(32-24)34-8-10-35(3,36)11-9-34/h4-7,12-16,36H,8-11H2,1-3H3,(H,28,29,31)/q+1. The Morgan fingerprint density at radius 2 is 1.84 bits per heavy atom. The van der Waals surface area contributed by atoms with Crippen molar-refractivity contribution in [1.82, 2.24) is 29.5 Å². The van der Waals surface area contributed by atoms with E-state index < -0.39 is 0 Å². The van der Waals surface area contributed by atoms with Gasteiger partial charge in [0.1, 0.15) is 41.9 Å². The molecule has 0 unspecified atom stereocenters. The van der Waals surface area contributed by atoms with E-state index in [1.165, 1.54) is 6.33 Å². The maximum absolute atomic E-state index is 10.2. The quantitative estimate of drug-likeness (QED) is 0.349. The Bertz CT molecular complexity index is 1610. The van der Waals surface area contributed by atoms with Gasteiger partial charge in [-0.1, -0.05) is 0 Å². The number of fused-ring (bicyclic) bond motifs is 2. The van der Waals surface area contributed by atoms with Crippen LogP contribution in [0.25, 0.3) is 22.1 Å². The van der Waals surface area contributed by atoms with E-state index in [2.05, 4.69) is 30.2 Å². The number of quaternary nitrogens is 1. The van der Waals surface area contributed by atoms with Gasteiger partial charge in [-0.25, -0.2) is 30.1 Å².